The Labute approximate surface area is 202 Å². The van der Waals surface area contributed by atoms with Crippen LogP contribution in [0.25, 0.3) is 0 Å². The lowest BCUT2D eigenvalue weighted by atomic mass is 9.44. The van der Waals surface area contributed by atoms with E-state index in [1.54, 1.807) is 27.7 Å². The number of hydrogen-bond donors (Lipinski definition) is 1. The maximum Gasteiger partial charge on any atom is 0.303 e. The summed E-state index contributed by atoms with van der Waals surface area (Å²) >= 11 is 0. The third-order valence-corrected chi connectivity index (χ3v) is 9.30. The summed E-state index contributed by atoms with van der Waals surface area (Å²) in [5.41, 5.74) is -6.36. The van der Waals surface area contributed by atoms with Gasteiger partial charge in [-0.15, -0.1) is 0 Å². The fourth-order valence-electron chi connectivity index (χ4n) is 7.91. The van der Waals surface area contributed by atoms with Gasteiger partial charge in [-0.05, 0) is 51.7 Å². The van der Waals surface area contributed by atoms with E-state index in [2.05, 4.69) is 0 Å². The first-order valence-corrected chi connectivity index (χ1v) is 12.0. The molecule has 0 spiro atoms. The number of alkyl halides is 1. The van der Waals surface area contributed by atoms with Crippen molar-refractivity contribution in [1.29, 1.82) is 0 Å². The van der Waals surface area contributed by atoms with E-state index in [9.17, 15) is 24.3 Å². The number of aliphatic hydroxyl groups excluding tert-OH is 1. The average molecular weight is 491 g/mol. The van der Waals surface area contributed by atoms with Crippen molar-refractivity contribution in [2.24, 2.45) is 22.7 Å². The number of carbonyl (C=O) groups is 4. The van der Waals surface area contributed by atoms with E-state index in [0.717, 1.165) is 0 Å². The molecule has 0 amide bonds. The summed E-state index contributed by atoms with van der Waals surface area (Å²) in [5.74, 6) is -4.49. The monoisotopic (exact) mass is 490 g/mol. The van der Waals surface area contributed by atoms with Crippen LogP contribution in [0.3, 0.4) is 0 Å². The van der Waals surface area contributed by atoms with Gasteiger partial charge in [-0.1, -0.05) is 13.0 Å². The highest BCUT2D eigenvalue weighted by atomic mass is 19.1. The van der Waals surface area contributed by atoms with Crippen LogP contribution < -0.4 is 0 Å². The van der Waals surface area contributed by atoms with Crippen LogP contribution >= 0.6 is 0 Å². The fourth-order valence-corrected chi connectivity index (χ4v) is 7.91. The van der Waals surface area contributed by atoms with Crippen molar-refractivity contribution in [1.82, 2.24) is 0 Å². The van der Waals surface area contributed by atoms with Gasteiger partial charge < -0.3 is 19.3 Å². The first-order valence-electron chi connectivity index (χ1n) is 12.0. The zero-order chi connectivity index (χ0) is 25.8. The van der Waals surface area contributed by atoms with Gasteiger partial charge in [0.1, 0.15) is 0 Å². The van der Waals surface area contributed by atoms with Crippen LogP contribution in [0.15, 0.2) is 23.8 Å². The molecule has 0 radical (unpaired) electrons. The molecular formula is C26H31FO8. The van der Waals surface area contributed by atoms with Gasteiger partial charge in [-0.25, -0.2) is 4.39 Å². The van der Waals surface area contributed by atoms with Crippen LogP contribution in [0.1, 0.15) is 53.9 Å². The van der Waals surface area contributed by atoms with Crippen LogP contribution in [0.5, 0.6) is 0 Å². The highest BCUT2D eigenvalue weighted by Gasteiger charge is 2.80. The van der Waals surface area contributed by atoms with Gasteiger partial charge in [0.05, 0.1) is 17.6 Å². The molecule has 4 aliphatic carbocycles. The third kappa shape index (κ3) is 2.89. The summed E-state index contributed by atoms with van der Waals surface area (Å²) in [6, 6.07) is 0. The van der Waals surface area contributed by atoms with E-state index in [-0.39, 0.29) is 30.6 Å². The highest BCUT2D eigenvalue weighted by molar-refractivity contribution is 6.10. The van der Waals surface area contributed by atoms with Crippen molar-refractivity contribution in [3.05, 3.63) is 23.8 Å². The number of aliphatic hydroxyl groups is 1. The maximum atomic E-state index is 17.3. The Balaban J connectivity index is 1.63. The number of fused-ring (bicyclic) bond motifs is 7. The van der Waals surface area contributed by atoms with Crippen LogP contribution in [0, 0.1) is 22.7 Å². The lowest BCUT2D eigenvalue weighted by Gasteiger charge is -2.62. The molecule has 8 atom stereocenters. The van der Waals surface area contributed by atoms with Gasteiger partial charge in [0, 0.05) is 30.3 Å². The molecule has 1 N–H and O–H groups in total. The minimum Gasteiger partial charge on any atom is -0.458 e. The summed E-state index contributed by atoms with van der Waals surface area (Å²) in [7, 11) is 0. The smallest absolute Gasteiger partial charge is 0.303 e. The summed E-state index contributed by atoms with van der Waals surface area (Å²) in [6.07, 6.45) is 1.37. The van der Waals surface area contributed by atoms with Gasteiger partial charge in [-0.2, -0.15) is 0 Å². The molecule has 4 fully saturated rings. The molecule has 1 heterocycles. The number of halogens is 1. The maximum absolute atomic E-state index is 17.3. The van der Waals surface area contributed by atoms with E-state index < -0.39 is 76.1 Å². The molecule has 1 aliphatic heterocycles. The number of ketones is 3. The van der Waals surface area contributed by atoms with Crippen LogP contribution in [0.4, 0.5) is 4.39 Å². The number of carbonyl (C=O) groups excluding carboxylic acids is 4. The van der Waals surface area contributed by atoms with Gasteiger partial charge in [-0.3, -0.25) is 19.2 Å². The minimum absolute atomic E-state index is 0.0684. The quantitative estimate of drug-likeness (QED) is 0.599. The first kappa shape index (κ1) is 24.5. The zero-order valence-corrected chi connectivity index (χ0v) is 20.6. The van der Waals surface area contributed by atoms with Gasteiger partial charge >= 0.3 is 5.97 Å². The number of ether oxygens (including phenoxy) is 3. The molecule has 190 valence electrons. The molecule has 0 aromatic carbocycles. The second-order valence-corrected chi connectivity index (χ2v) is 11.5. The standard InChI is InChI=1S/C26H31FO8/c1-13(28)33-12-20(32)26-21(34-22(2,3)35-26)10-15-16-9-18(30)17-8-14(29)6-7-23(17,4)25(16,27)19(31)11-24(15,26)5/h6-8,15-16,19,21,31H,9-12H2,1-5H3/t15-,16-,19-,21+,23-,24-,25-,26+/m0/s1. The number of hydrogen-bond acceptors (Lipinski definition) is 8. The summed E-state index contributed by atoms with van der Waals surface area (Å²) in [4.78, 5) is 50.3. The molecular weight excluding hydrogens is 459 g/mol. The van der Waals surface area contributed by atoms with E-state index in [1.807, 2.05) is 0 Å². The molecule has 35 heavy (non-hydrogen) atoms. The van der Waals surface area contributed by atoms with Crippen molar-refractivity contribution in [3.8, 4) is 0 Å². The summed E-state index contributed by atoms with van der Waals surface area (Å²) in [5, 5.41) is 11.5. The molecule has 5 rings (SSSR count). The highest BCUT2D eigenvalue weighted by Crippen LogP contribution is 2.72. The molecule has 3 saturated carbocycles. The number of Topliss-reactive ketones (excluding diaryl/α,β-unsaturated/α-hetero) is 2. The predicted octanol–water partition coefficient (Wildman–Crippen LogP) is 2.17. The zero-order valence-electron chi connectivity index (χ0n) is 20.6. The number of rotatable bonds is 3. The molecule has 1 saturated heterocycles. The normalized spacial score (nSPS) is 47.3. The molecule has 8 nitrogen and oxygen atoms in total. The van der Waals surface area contributed by atoms with Crippen molar-refractivity contribution >= 4 is 23.3 Å². The molecule has 0 unspecified atom stereocenters. The molecule has 9 heteroatoms. The molecule has 0 aromatic rings. The van der Waals surface area contributed by atoms with E-state index in [0.29, 0.717) is 0 Å². The second-order valence-electron chi connectivity index (χ2n) is 11.5. The van der Waals surface area contributed by atoms with Crippen molar-refractivity contribution in [2.75, 3.05) is 6.61 Å². The van der Waals surface area contributed by atoms with Gasteiger partial charge in [0.2, 0.25) is 5.78 Å². The fraction of sp³-hybridized carbons (Fsp3) is 0.692. The van der Waals surface area contributed by atoms with E-state index in [4.69, 9.17) is 14.2 Å². The second kappa shape index (κ2) is 7.17. The predicted molar refractivity (Wildman–Crippen MR) is 119 cm³/mol. The Morgan fingerprint density at radius 1 is 1.20 bits per heavy atom. The molecule has 0 aromatic heterocycles. The Morgan fingerprint density at radius 2 is 1.89 bits per heavy atom. The van der Waals surface area contributed by atoms with E-state index >= 15 is 4.39 Å². The molecule has 0 bridgehead atoms. The van der Waals surface area contributed by atoms with Crippen molar-refractivity contribution in [3.63, 3.8) is 0 Å². The lowest BCUT2D eigenvalue weighted by molar-refractivity contribution is -0.245. The Morgan fingerprint density at radius 3 is 2.54 bits per heavy atom. The van der Waals surface area contributed by atoms with Crippen LogP contribution in [-0.4, -0.2) is 64.3 Å². The van der Waals surface area contributed by atoms with Gasteiger partial charge in [0.25, 0.3) is 0 Å². The number of esters is 1. The largest absolute Gasteiger partial charge is 0.458 e. The van der Waals surface area contributed by atoms with E-state index in [1.165, 1.54) is 25.2 Å². The lowest BCUT2D eigenvalue weighted by Crippen LogP contribution is -2.71. The van der Waals surface area contributed by atoms with Crippen LogP contribution in [0.2, 0.25) is 0 Å². The topological polar surface area (TPSA) is 116 Å². The minimum atomic E-state index is -2.25. The molecule has 5 aliphatic rings. The van der Waals surface area contributed by atoms with Gasteiger partial charge in [0.15, 0.2) is 35.2 Å². The number of allylic oxidation sites excluding steroid dienone is 4. The Bertz CT molecular complexity index is 1110. The first-order chi connectivity index (χ1) is 16.1. The summed E-state index contributed by atoms with van der Waals surface area (Å²) < 4.78 is 34.8. The third-order valence-electron chi connectivity index (χ3n) is 9.30. The Kier molecular flexibility index (Phi) is 5.01. The Hall–Kier alpha value is -2.23. The SMILES string of the molecule is CC(=O)OCC(=O)[C@@]12OC(C)(C)O[C@@H]1C[C@H]1[C@@H]3CC(=O)C4=CC(=O)C=C[C@]4(C)[C@@]3(F)[C@@H](O)C[C@@]12C. The van der Waals surface area contributed by atoms with Crippen LogP contribution in [-0.2, 0) is 33.4 Å². The summed E-state index contributed by atoms with van der Waals surface area (Å²) in [6.45, 7) is 7.33. The average Bonchev–Trinajstić information content (AvgIpc) is 3.16. The van der Waals surface area contributed by atoms with Crippen molar-refractivity contribution < 1.29 is 42.9 Å². The van der Waals surface area contributed by atoms with Crippen molar-refractivity contribution in [2.45, 2.75) is 83.1 Å².